The van der Waals surface area contributed by atoms with Crippen molar-refractivity contribution in [3.8, 4) is 17.1 Å². The van der Waals surface area contributed by atoms with E-state index in [0.717, 1.165) is 0 Å². The highest BCUT2D eigenvalue weighted by molar-refractivity contribution is 5.93. The molecule has 1 heterocycles. The summed E-state index contributed by atoms with van der Waals surface area (Å²) >= 11 is 0. The molecule has 0 saturated carbocycles. The zero-order valence-corrected chi connectivity index (χ0v) is 13.4. The van der Waals surface area contributed by atoms with E-state index in [-0.39, 0.29) is 35.2 Å². The Balaban J connectivity index is 1.95. The van der Waals surface area contributed by atoms with Crippen LogP contribution >= 0.6 is 0 Å². The molecule has 0 saturated heterocycles. The Kier molecular flexibility index (Phi) is 5.02. The molecular formula is C18H14F2N4O2. The molecule has 132 valence electrons. The minimum Gasteiger partial charge on any atom is -0.471 e. The Hall–Kier alpha value is -3.55. The molecule has 26 heavy (non-hydrogen) atoms. The predicted octanol–water partition coefficient (Wildman–Crippen LogP) is 3.49. The molecule has 0 radical (unpaired) electrons. The first-order valence-corrected chi connectivity index (χ1v) is 7.58. The van der Waals surface area contributed by atoms with Gasteiger partial charge in [0.05, 0.1) is 11.3 Å². The maximum atomic E-state index is 14.4. The number of carbonyl (C=O) groups is 1. The van der Waals surface area contributed by atoms with E-state index in [0.29, 0.717) is 5.56 Å². The zero-order valence-electron chi connectivity index (χ0n) is 13.4. The molecule has 0 spiro atoms. The van der Waals surface area contributed by atoms with Gasteiger partial charge in [0.25, 0.3) is 0 Å². The maximum absolute atomic E-state index is 14.4. The molecule has 8 heteroatoms. The number of nitrogens with one attached hydrogen (secondary N) is 1. The summed E-state index contributed by atoms with van der Waals surface area (Å²) in [4.78, 5) is 19.4. The quantitative estimate of drug-likeness (QED) is 0.732. The molecule has 0 unspecified atom stereocenters. The Bertz CT molecular complexity index is 933. The lowest BCUT2D eigenvalue weighted by Gasteiger charge is -2.13. The van der Waals surface area contributed by atoms with E-state index in [1.54, 1.807) is 12.1 Å². The van der Waals surface area contributed by atoms with Crippen LogP contribution in [0.2, 0.25) is 0 Å². The monoisotopic (exact) mass is 356 g/mol. The Labute approximate surface area is 147 Å². The van der Waals surface area contributed by atoms with Gasteiger partial charge in [-0.05, 0) is 29.8 Å². The van der Waals surface area contributed by atoms with Crippen molar-refractivity contribution in [3.63, 3.8) is 0 Å². The van der Waals surface area contributed by atoms with Crippen molar-refractivity contribution in [2.75, 3.05) is 5.32 Å². The predicted molar refractivity (Wildman–Crippen MR) is 91.4 cm³/mol. The molecule has 0 fully saturated rings. The van der Waals surface area contributed by atoms with E-state index in [9.17, 15) is 13.6 Å². The second-order valence-electron chi connectivity index (χ2n) is 5.28. The van der Waals surface area contributed by atoms with E-state index < -0.39 is 11.8 Å². The average molecular weight is 356 g/mol. The van der Waals surface area contributed by atoms with Crippen LogP contribution < -0.4 is 15.8 Å². The topological polar surface area (TPSA) is 90.1 Å². The van der Waals surface area contributed by atoms with E-state index in [1.807, 2.05) is 0 Å². The summed E-state index contributed by atoms with van der Waals surface area (Å²) < 4.78 is 33.0. The van der Waals surface area contributed by atoms with Gasteiger partial charge in [-0.25, -0.2) is 23.5 Å². The summed E-state index contributed by atoms with van der Waals surface area (Å²) in [6, 6.07) is 9.04. The first kappa shape index (κ1) is 17.3. The lowest BCUT2D eigenvalue weighted by Crippen LogP contribution is -2.20. The van der Waals surface area contributed by atoms with Crippen LogP contribution in [0, 0.1) is 11.6 Å². The van der Waals surface area contributed by atoms with Crippen LogP contribution in [0.4, 0.5) is 19.3 Å². The first-order chi connectivity index (χ1) is 12.5. The lowest BCUT2D eigenvalue weighted by molar-refractivity contribution is 0.259. The number of ether oxygens (including phenoxy) is 1. The van der Waals surface area contributed by atoms with Gasteiger partial charge < -0.3 is 15.8 Å². The lowest BCUT2D eigenvalue weighted by atomic mass is 10.1. The van der Waals surface area contributed by atoms with Gasteiger partial charge in [-0.2, -0.15) is 0 Å². The van der Waals surface area contributed by atoms with Gasteiger partial charge >= 0.3 is 6.03 Å². The number of amides is 2. The van der Waals surface area contributed by atoms with Crippen LogP contribution in [0.5, 0.6) is 5.88 Å². The normalized spacial score (nSPS) is 10.4. The number of urea groups is 1. The largest absolute Gasteiger partial charge is 0.471 e. The molecular weight excluding hydrogens is 342 g/mol. The van der Waals surface area contributed by atoms with Gasteiger partial charge in [0, 0.05) is 12.4 Å². The van der Waals surface area contributed by atoms with Gasteiger partial charge in [-0.1, -0.05) is 18.2 Å². The molecule has 2 amide bonds. The summed E-state index contributed by atoms with van der Waals surface area (Å²) in [5, 5.41) is 2.35. The second-order valence-corrected chi connectivity index (χ2v) is 5.28. The van der Waals surface area contributed by atoms with Crippen molar-refractivity contribution in [1.82, 2.24) is 9.97 Å². The molecule has 2 aromatic carbocycles. The van der Waals surface area contributed by atoms with Crippen LogP contribution in [0.15, 0.2) is 54.9 Å². The van der Waals surface area contributed by atoms with Crippen molar-refractivity contribution < 1.29 is 18.3 Å². The SMILES string of the molecule is NC(=O)Nc1cccc(F)c1-c1nccnc1OCc1ccc(F)cc1. The number of benzene rings is 2. The summed E-state index contributed by atoms with van der Waals surface area (Å²) in [7, 11) is 0. The van der Waals surface area contributed by atoms with Crippen molar-refractivity contribution in [3.05, 3.63) is 72.1 Å². The molecule has 3 N–H and O–H groups in total. The summed E-state index contributed by atoms with van der Waals surface area (Å²) in [6.07, 6.45) is 2.77. The minimum atomic E-state index is -0.838. The van der Waals surface area contributed by atoms with Crippen LogP contribution in [0.25, 0.3) is 11.3 Å². The van der Waals surface area contributed by atoms with Gasteiger partial charge in [0.15, 0.2) is 0 Å². The Morgan fingerprint density at radius 2 is 1.81 bits per heavy atom. The number of hydrogen-bond acceptors (Lipinski definition) is 4. The molecule has 0 aliphatic carbocycles. The number of nitrogens with zero attached hydrogens (tertiary/aromatic N) is 2. The van der Waals surface area contributed by atoms with Crippen molar-refractivity contribution in [2.24, 2.45) is 5.73 Å². The molecule has 0 aliphatic rings. The van der Waals surface area contributed by atoms with Gasteiger partial charge in [0.1, 0.15) is 23.9 Å². The smallest absolute Gasteiger partial charge is 0.316 e. The standard InChI is InChI=1S/C18H14F2N4O2/c19-12-6-4-11(5-7-12)10-26-17-16(22-8-9-23-17)15-13(20)2-1-3-14(15)24-18(21)25/h1-9H,10H2,(H3,21,24,25). The third-order valence-electron chi connectivity index (χ3n) is 3.46. The number of carbonyl (C=O) groups excluding carboxylic acids is 1. The number of nitrogens with two attached hydrogens (primary N) is 1. The number of hydrogen-bond donors (Lipinski definition) is 2. The minimum absolute atomic E-state index is 0.00788. The zero-order chi connectivity index (χ0) is 18.5. The first-order valence-electron chi connectivity index (χ1n) is 7.58. The van der Waals surface area contributed by atoms with E-state index >= 15 is 0 Å². The highest BCUT2D eigenvalue weighted by Gasteiger charge is 2.18. The Morgan fingerprint density at radius 1 is 1.08 bits per heavy atom. The summed E-state index contributed by atoms with van der Waals surface area (Å²) in [5.41, 5.74) is 6.10. The highest BCUT2D eigenvalue weighted by atomic mass is 19.1. The maximum Gasteiger partial charge on any atom is 0.316 e. The Morgan fingerprint density at radius 3 is 2.54 bits per heavy atom. The highest BCUT2D eigenvalue weighted by Crippen LogP contribution is 2.34. The number of halogens is 2. The fourth-order valence-corrected chi connectivity index (χ4v) is 2.34. The van der Waals surface area contributed by atoms with E-state index in [2.05, 4.69) is 15.3 Å². The molecule has 0 atom stereocenters. The van der Waals surface area contributed by atoms with Crippen LogP contribution in [0.1, 0.15) is 5.56 Å². The fraction of sp³-hybridized carbons (Fsp3) is 0.0556. The third-order valence-corrected chi connectivity index (χ3v) is 3.46. The molecule has 0 bridgehead atoms. The molecule has 3 aromatic rings. The summed E-state index contributed by atoms with van der Waals surface area (Å²) in [6.45, 7) is 0.0823. The fourth-order valence-electron chi connectivity index (χ4n) is 2.34. The third kappa shape index (κ3) is 3.92. The molecule has 6 nitrogen and oxygen atoms in total. The second kappa shape index (κ2) is 7.56. The number of aromatic nitrogens is 2. The number of anilines is 1. The van der Waals surface area contributed by atoms with Crippen molar-refractivity contribution >= 4 is 11.7 Å². The number of rotatable bonds is 5. The van der Waals surface area contributed by atoms with Gasteiger partial charge in [-0.15, -0.1) is 0 Å². The molecule has 1 aromatic heterocycles. The van der Waals surface area contributed by atoms with Crippen LogP contribution in [0.3, 0.4) is 0 Å². The average Bonchev–Trinajstić information content (AvgIpc) is 2.61. The van der Waals surface area contributed by atoms with Crippen LogP contribution in [-0.4, -0.2) is 16.0 Å². The van der Waals surface area contributed by atoms with E-state index in [1.165, 1.54) is 42.7 Å². The van der Waals surface area contributed by atoms with Crippen LogP contribution in [-0.2, 0) is 6.61 Å². The van der Waals surface area contributed by atoms with Gasteiger partial charge in [0.2, 0.25) is 5.88 Å². The molecule has 0 aliphatic heterocycles. The van der Waals surface area contributed by atoms with Crippen molar-refractivity contribution in [2.45, 2.75) is 6.61 Å². The number of primary amides is 1. The van der Waals surface area contributed by atoms with Crippen molar-refractivity contribution in [1.29, 1.82) is 0 Å². The molecule has 3 rings (SSSR count). The van der Waals surface area contributed by atoms with Gasteiger partial charge in [-0.3, -0.25) is 0 Å². The van der Waals surface area contributed by atoms with E-state index in [4.69, 9.17) is 10.5 Å². The summed E-state index contributed by atoms with van der Waals surface area (Å²) in [5.74, 6) is -0.916.